The third kappa shape index (κ3) is 12.3. The van der Waals surface area contributed by atoms with Crippen molar-refractivity contribution in [3.8, 4) is 0 Å². The topological polar surface area (TPSA) is 152 Å². The van der Waals surface area contributed by atoms with Crippen LogP contribution in [0.2, 0.25) is 0 Å². The molecule has 0 atom stereocenters. The molecule has 0 amide bonds. The summed E-state index contributed by atoms with van der Waals surface area (Å²) >= 11 is 0. The number of hydrogen-bond acceptors (Lipinski definition) is 4. The molecule has 1 aromatic heterocycles. The van der Waals surface area contributed by atoms with E-state index in [4.69, 9.17) is 29.0 Å². The van der Waals surface area contributed by atoms with Crippen molar-refractivity contribution < 1.29 is 17.5 Å². The van der Waals surface area contributed by atoms with Gasteiger partial charge in [0.2, 0.25) is 0 Å². The van der Waals surface area contributed by atoms with Crippen molar-refractivity contribution in [2.24, 2.45) is 16.5 Å². The van der Waals surface area contributed by atoms with Crippen molar-refractivity contribution in [2.45, 2.75) is 0 Å². The second kappa shape index (κ2) is 5.90. The van der Waals surface area contributed by atoms with Gasteiger partial charge in [-0.05, 0) is 12.1 Å². The van der Waals surface area contributed by atoms with Crippen LogP contribution in [-0.4, -0.2) is 28.5 Å². The number of rotatable bonds is 1. The summed E-state index contributed by atoms with van der Waals surface area (Å²) in [5.41, 5.74) is 10.2. The summed E-state index contributed by atoms with van der Waals surface area (Å²) in [4.78, 5) is 7.59. The summed E-state index contributed by atoms with van der Waals surface area (Å²) in [5.74, 6) is 0.557. The minimum atomic E-state index is -4.67. The maximum Gasteiger partial charge on any atom is 0.394 e. The average Bonchev–Trinajstić information content (AvgIpc) is 2.01. The van der Waals surface area contributed by atoms with Crippen LogP contribution in [0.5, 0.6) is 0 Å². The molecule has 0 bridgehead atoms. The van der Waals surface area contributed by atoms with Gasteiger partial charge in [0.1, 0.15) is 0 Å². The fourth-order valence-corrected chi connectivity index (χ4v) is 0.552. The highest BCUT2D eigenvalue weighted by Gasteiger charge is 1.85. The lowest BCUT2D eigenvalue weighted by Crippen LogP contribution is -2.21. The molecule has 6 N–H and O–H groups in total. The predicted molar refractivity (Wildman–Crippen MR) is 53.9 cm³/mol. The lowest BCUT2D eigenvalue weighted by Gasteiger charge is -1.90. The summed E-state index contributed by atoms with van der Waals surface area (Å²) in [7, 11) is -4.67. The normalized spacial score (nSPS) is 9.73. The van der Waals surface area contributed by atoms with Crippen LogP contribution in [-0.2, 0) is 10.4 Å². The molecule has 1 rings (SSSR count). The number of guanidine groups is 1. The Bertz CT molecular complexity index is 404. The third-order valence-corrected chi connectivity index (χ3v) is 0.893. The van der Waals surface area contributed by atoms with Gasteiger partial charge in [-0.25, -0.2) is 4.98 Å². The molecule has 15 heavy (non-hydrogen) atoms. The van der Waals surface area contributed by atoms with Gasteiger partial charge in [0, 0.05) is 6.20 Å². The summed E-state index contributed by atoms with van der Waals surface area (Å²) < 4.78 is 31.6. The lowest BCUT2D eigenvalue weighted by atomic mass is 10.5. The summed E-state index contributed by atoms with van der Waals surface area (Å²) in [6.45, 7) is 0. The minimum Gasteiger partial charge on any atom is -0.370 e. The first-order valence-corrected chi connectivity index (χ1v) is 4.89. The second-order valence-corrected chi connectivity index (χ2v) is 3.07. The largest absolute Gasteiger partial charge is 0.394 e. The molecule has 84 valence electrons. The molecule has 0 aliphatic heterocycles. The molecule has 0 aromatic carbocycles. The molecule has 0 fully saturated rings. The van der Waals surface area contributed by atoms with E-state index < -0.39 is 10.4 Å². The fraction of sp³-hybridized carbons (Fsp3) is 0. The molecule has 0 spiro atoms. The molecule has 0 radical (unpaired) electrons. The summed E-state index contributed by atoms with van der Waals surface area (Å²) in [6.07, 6.45) is 1.63. The first-order valence-electron chi connectivity index (χ1n) is 3.49. The summed E-state index contributed by atoms with van der Waals surface area (Å²) in [5, 5.41) is 0. The number of aliphatic imine (C=N–C) groups is 1. The van der Waals surface area contributed by atoms with Crippen LogP contribution in [0.3, 0.4) is 0 Å². The fourth-order valence-electron chi connectivity index (χ4n) is 0.552. The van der Waals surface area contributed by atoms with Crippen LogP contribution < -0.4 is 11.5 Å². The van der Waals surface area contributed by atoms with Gasteiger partial charge in [-0.3, -0.25) is 9.11 Å². The van der Waals surface area contributed by atoms with Crippen molar-refractivity contribution in [2.75, 3.05) is 0 Å². The highest BCUT2D eigenvalue weighted by molar-refractivity contribution is 7.79. The Morgan fingerprint density at radius 1 is 1.33 bits per heavy atom. The van der Waals surface area contributed by atoms with Crippen LogP contribution in [0.15, 0.2) is 29.4 Å². The van der Waals surface area contributed by atoms with Gasteiger partial charge in [0.15, 0.2) is 11.8 Å². The van der Waals surface area contributed by atoms with Crippen LogP contribution in [0.25, 0.3) is 0 Å². The van der Waals surface area contributed by atoms with Gasteiger partial charge in [0.05, 0.1) is 0 Å². The maximum absolute atomic E-state index is 8.74. The van der Waals surface area contributed by atoms with Crippen molar-refractivity contribution in [3.05, 3.63) is 24.4 Å². The predicted octanol–water partition coefficient (Wildman–Crippen LogP) is -0.666. The van der Waals surface area contributed by atoms with E-state index in [-0.39, 0.29) is 5.96 Å². The molecule has 0 saturated heterocycles. The molecule has 1 heterocycles. The van der Waals surface area contributed by atoms with Crippen molar-refractivity contribution in [3.63, 3.8) is 0 Å². The third-order valence-electron chi connectivity index (χ3n) is 0.893. The molecule has 0 aliphatic carbocycles. The Balaban J connectivity index is 0.000000336. The number of pyridine rings is 1. The smallest absolute Gasteiger partial charge is 0.370 e. The zero-order valence-electron chi connectivity index (χ0n) is 7.48. The molecule has 8 nitrogen and oxygen atoms in total. The van der Waals surface area contributed by atoms with E-state index in [2.05, 4.69) is 9.98 Å². The Morgan fingerprint density at radius 3 is 2.20 bits per heavy atom. The van der Waals surface area contributed by atoms with E-state index >= 15 is 0 Å². The van der Waals surface area contributed by atoms with Crippen molar-refractivity contribution in [1.29, 1.82) is 0 Å². The van der Waals surface area contributed by atoms with E-state index in [9.17, 15) is 0 Å². The maximum atomic E-state index is 8.74. The Labute approximate surface area is 86.2 Å². The standard InChI is InChI=1S/C6H8N4.H2O4S/c7-6(8)10-5-3-1-2-4-9-5;1-5(2,3)4/h1-4H,(H4,7,8,9,10);(H2,1,2,3,4). The quantitative estimate of drug-likeness (QED) is 0.285. The van der Waals surface area contributed by atoms with E-state index in [1.54, 1.807) is 18.3 Å². The van der Waals surface area contributed by atoms with Crippen LogP contribution >= 0.6 is 0 Å². The van der Waals surface area contributed by atoms with E-state index in [0.29, 0.717) is 5.82 Å². The molecular weight excluding hydrogens is 224 g/mol. The van der Waals surface area contributed by atoms with Gasteiger partial charge < -0.3 is 11.5 Å². The number of nitrogens with two attached hydrogens (primary N) is 2. The van der Waals surface area contributed by atoms with Gasteiger partial charge in [-0.15, -0.1) is 0 Å². The Kier molecular flexibility index (Phi) is 5.23. The first-order chi connectivity index (χ1) is 6.79. The number of nitrogens with zero attached hydrogens (tertiary/aromatic N) is 2. The van der Waals surface area contributed by atoms with E-state index in [1.165, 1.54) is 0 Å². The van der Waals surface area contributed by atoms with E-state index in [1.807, 2.05) is 6.07 Å². The molecule has 0 aliphatic rings. The van der Waals surface area contributed by atoms with Gasteiger partial charge >= 0.3 is 10.4 Å². The van der Waals surface area contributed by atoms with Gasteiger partial charge in [-0.2, -0.15) is 13.4 Å². The zero-order chi connectivity index (χ0) is 11.9. The summed E-state index contributed by atoms with van der Waals surface area (Å²) in [6, 6.07) is 5.33. The Morgan fingerprint density at radius 2 is 1.87 bits per heavy atom. The highest BCUT2D eigenvalue weighted by Crippen LogP contribution is 2.02. The van der Waals surface area contributed by atoms with Crippen LogP contribution in [0.1, 0.15) is 0 Å². The molecular formula is C6H10N4O4S. The van der Waals surface area contributed by atoms with Crippen molar-refractivity contribution in [1.82, 2.24) is 4.98 Å². The van der Waals surface area contributed by atoms with Gasteiger partial charge in [-0.1, -0.05) is 6.07 Å². The monoisotopic (exact) mass is 234 g/mol. The average molecular weight is 234 g/mol. The first kappa shape index (κ1) is 13.3. The van der Waals surface area contributed by atoms with E-state index in [0.717, 1.165) is 0 Å². The Hall–Kier alpha value is -1.71. The molecule has 0 unspecified atom stereocenters. The lowest BCUT2D eigenvalue weighted by molar-refractivity contribution is 0.381. The van der Waals surface area contributed by atoms with Gasteiger partial charge in [0.25, 0.3) is 0 Å². The number of aromatic nitrogens is 1. The molecule has 0 saturated carbocycles. The highest BCUT2D eigenvalue weighted by atomic mass is 32.3. The minimum absolute atomic E-state index is 0.0266. The zero-order valence-corrected chi connectivity index (χ0v) is 8.29. The van der Waals surface area contributed by atoms with Crippen LogP contribution in [0.4, 0.5) is 5.82 Å². The SMILES string of the molecule is NC(N)=Nc1ccccn1.O=S(=O)(O)O. The number of hydrogen-bond donors (Lipinski definition) is 4. The second-order valence-electron chi connectivity index (χ2n) is 2.17. The molecule has 9 heteroatoms. The van der Waals surface area contributed by atoms with Crippen LogP contribution in [0, 0.1) is 0 Å². The van der Waals surface area contributed by atoms with Crippen molar-refractivity contribution >= 4 is 22.2 Å². The molecule has 1 aromatic rings.